The second-order valence-corrected chi connectivity index (χ2v) is 3.13. The maximum absolute atomic E-state index is 10.7. The molecule has 0 atom stereocenters. The number of hydrogen-bond donors (Lipinski definition) is 3. The Morgan fingerprint density at radius 1 is 1.69 bits per heavy atom. The van der Waals surface area contributed by atoms with E-state index in [1.165, 1.54) is 6.20 Å². The van der Waals surface area contributed by atoms with E-state index in [9.17, 15) is 4.79 Å². The molecule has 0 aliphatic heterocycles. The maximum Gasteiger partial charge on any atom is 0.358 e. The van der Waals surface area contributed by atoms with Crippen LogP contribution >= 0.6 is 0 Å². The van der Waals surface area contributed by atoms with E-state index in [-0.39, 0.29) is 11.5 Å². The molecule has 0 saturated carbocycles. The minimum absolute atomic E-state index is 0.0696. The van der Waals surface area contributed by atoms with Crippen molar-refractivity contribution in [3.63, 3.8) is 0 Å². The van der Waals surface area contributed by atoms with Crippen molar-refractivity contribution < 1.29 is 9.90 Å². The molecule has 0 aromatic carbocycles. The fraction of sp³-hybridized carbons (Fsp3) is 0.300. The summed E-state index contributed by atoms with van der Waals surface area (Å²) in [4.78, 5) is 18.4. The zero-order valence-electron chi connectivity index (χ0n) is 8.97. The van der Waals surface area contributed by atoms with Crippen LogP contribution < -0.4 is 11.1 Å². The van der Waals surface area contributed by atoms with Gasteiger partial charge in [0.15, 0.2) is 11.5 Å². The van der Waals surface area contributed by atoms with Crippen LogP contribution in [0.1, 0.15) is 22.6 Å². The lowest BCUT2D eigenvalue weighted by Crippen LogP contribution is -2.08. The number of carboxylic acids is 1. The highest BCUT2D eigenvalue weighted by Gasteiger charge is 2.10. The van der Waals surface area contributed by atoms with Crippen LogP contribution in [0.25, 0.3) is 6.08 Å². The first-order valence-electron chi connectivity index (χ1n) is 4.82. The van der Waals surface area contributed by atoms with E-state index < -0.39 is 5.97 Å². The highest BCUT2D eigenvalue weighted by Crippen LogP contribution is 2.07. The normalized spacial score (nSPS) is 10.8. The molecule has 0 amide bonds. The Kier molecular flexibility index (Phi) is 4.41. The van der Waals surface area contributed by atoms with Crippen LogP contribution in [-0.4, -0.2) is 34.6 Å². The van der Waals surface area contributed by atoms with Crippen LogP contribution in [0.5, 0.6) is 0 Å². The molecule has 0 aliphatic rings. The highest BCUT2D eigenvalue weighted by atomic mass is 16.4. The second kappa shape index (κ2) is 5.82. The summed E-state index contributed by atoms with van der Waals surface area (Å²) in [7, 11) is 1.86. The predicted octanol–water partition coefficient (Wildman–Crippen LogP) is 0.380. The van der Waals surface area contributed by atoms with Crippen molar-refractivity contribution >= 4 is 17.9 Å². The average Bonchev–Trinajstić information content (AvgIpc) is 2.26. The fourth-order valence-electron chi connectivity index (χ4n) is 1.08. The van der Waals surface area contributed by atoms with Crippen molar-refractivity contribution in [2.45, 2.75) is 6.42 Å². The van der Waals surface area contributed by atoms with Crippen LogP contribution in [0.15, 0.2) is 12.3 Å². The van der Waals surface area contributed by atoms with Crippen molar-refractivity contribution in [1.82, 2.24) is 15.3 Å². The van der Waals surface area contributed by atoms with Gasteiger partial charge >= 0.3 is 5.97 Å². The quantitative estimate of drug-likeness (QED) is 0.622. The Balaban J connectivity index is 2.78. The summed E-state index contributed by atoms with van der Waals surface area (Å²) in [6.07, 6.45) is 5.89. The third-order valence-corrected chi connectivity index (χ3v) is 1.87. The molecular weight excluding hydrogens is 208 g/mol. The molecule has 1 aromatic heterocycles. The van der Waals surface area contributed by atoms with Crippen LogP contribution in [-0.2, 0) is 0 Å². The van der Waals surface area contributed by atoms with E-state index in [0.717, 1.165) is 13.0 Å². The zero-order chi connectivity index (χ0) is 12.0. The molecule has 1 aromatic rings. The Morgan fingerprint density at radius 2 is 2.44 bits per heavy atom. The van der Waals surface area contributed by atoms with Gasteiger partial charge in [0, 0.05) is 0 Å². The molecule has 86 valence electrons. The number of carbonyl (C=O) groups is 1. The molecule has 0 bridgehead atoms. The lowest BCUT2D eigenvalue weighted by Gasteiger charge is -1.99. The van der Waals surface area contributed by atoms with Gasteiger partial charge in [-0.05, 0) is 26.1 Å². The molecule has 1 heterocycles. The summed E-state index contributed by atoms with van der Waals surface area (Å²) in [5.74, 6) is -1.24. The molecule has 0 spiro atoms. The predicted molar refractivity (Wildman–Crippen MR) is 61.0 cm³/mol. The average molecular weight is 222 g/mol. The van der Waals surface area contributed by atoms with Gasteiger partial charge in [-0.1, -0.05) is 6.08 Å². The van der Waals surface area contributed by atoms with E-state index in [4.69, 9.17) is 10.8 Å². The Hall–Kier alpha value is -1.95. The Bertz CT molecular complexity index is 404. The standard InChI is InChI=1S/C10H14N4O2/c1-12-5-3-2-4-7-6-13-9(11)8(14-7)10(15)16/h2,4,6,12H,3,5H2,1H3,(H2,11,13)(H,15,16). The summed E-state index contributed by atoms with van der Waals surface area (Å²) >= 11 is 0. The third kappa shape index (κ3) is 3.32. The molecular formula is C10H14N4O2. The number of nitrogens with two attached hydrogens (primary N) is 1. The number of nitrogens with one attached hydrogen (secondary N) is 1. The van der Waals surface area contributed by atoms with Gasteiger partial charge in [-0.15, -0.1) is 0 Å². The summed E-state index contributed by atoms with van der Waals surface area (Å²) in [6.45, 7) is 0.852. The molecule has 0 aliphatic carbocycles. The molecule has 0 fully saturated rings. The van der Waals surface area contributed by atoms with E-state index in [1.807, 2.05) is 13.1 Å². The lowest BCUT2D eigenvalue weighted by molar-refractivity contribution is 0.0691. The van der Waals surface area contributed by atoms with E-state index in [1.54, 1.807) is 6.08 Å². The monoisotopic (exact) mass is 222 g/mol. The topological polar surface area (TPSA) is 101 Å². The number of carboxylic acid groups (broad SMARTS) is 1. The van der Waals surface area contributed by atoms with Gasteiger partial charge in [0.25, 0.3) is 0 Å². The molecule has 0 saturated heterocycles. The SMILES string of the molecule is CNCCC=Cc1cnc(N)c(C(=O)O)n1. The van der Waals surface area contributed by atoms with Crippen LogP contribution in [0.4, 0.5) is 5.82 Å². The molecule has 6 nitrogen and oxygen atoms in total. The minimum Gasteiger partial charge on any atom is -0.476 e. The maximum atomic E-state index is 10.7. The molecule has 0 radical (unpaired) electrons. The first kappa shape index (κ1) is 12.1. The number of aromatic carboxylic acids is 1. The van der Waals surface area contributed by atoms with E-state index in [0.29, 0.717) is 5.69 Å². The fourth-order valence-corrected chi connectivity index (χ4v) is 1.08. The number of anilines is 1. The molecule has 16 heavy (non-hydrogen) atoms. The number of rotatable bonds is 5. The lowest BCUT2D eigenvalue weighted by atomic mass is 10.3. The largest absolute Gasteiger partial charge is 0.476 e. The van der Waals surface area contributed by atoms with Crippen molar-refractivity contribution in [1.29, 1.82) is 0 Å². The first-order chi connectivity index (χ1) is 7.65. The van der Waals surface area contributed by atoms with Gasteiger partial charge in [0.05, 0.1) is 11.9 Å². The zero-order valence-corrected chi connectivity index (χ0v) is 8.97. The van der Waals surface area contributed by atoms with Gasteiger partial charge in [-0.25, -0.2) is 14.8 Å². The summed E-state index contributed by atoms with van der Waals surface area (Å²) in [5.41, 5.74) is 5.65. The number of aromatic nitrogens is 2. The third-order valence-electron chi connectivity index (χ3n) is 1.87. The number of nitrogens with zero attached hydrogens (tertiary/aromatic N) is 2. The summed E-state index contributed by atoms with van der Waals surface area (Å²) in [5, 5.41) is 11.8. The Labute approximate surface area is 93.2 Å². The van der Waals surface area contributed by atoms with Gasteiger partial charge in [-0.2, -0.15) is 0 Å². The highest BCUT2D eigenvalue weighted by molar-refractivity contribution is 5.90. The summed E-state index contributed by atoms with van der Waals surface area (Å²) < 4.78 is 0. The number of nitrogen functional groups attached to an aromatic ring is 1. The number of hydrogen-bond acceptors (Lipinski definition) is 5. The van der Waals surface area contributed by atoms with Crippen molar-refractivity contribution in [3.8, 4) is 0 Å². The summed E-state index contributed by atoms with van der Waals surface area (Å²) in [6, 6.07) is 0. The van der Waals surface area contributed by atoms with Gasteiger partial charge in [0.1, 0.15) is 0 Å². The molecule has 4 N–H and O–H groups in total. The molecule has 0 unspecified atom stereocenters. The molecule has 1 rings (SSSR count). The Morgan fingerprint density at radius 3 is 3.06 bits per heavy atom. The van der Waals surface area contributed by atoms with Gasteiger partial charge in [0.2, 0.25) is 0 Å². The van der Waals surface area contributed by atoms with Crippen molar-refractivity contribution in [2.24, 2.45) is 0 Å². The second-order valence-electron chi connectivity index (χ2n) is 3.13. The van der Waals surface area contributed by atoms with Crippen molar-refractivity contribution in [3.05, 3.63) is 23.7 Å². The van der Waals surface area contributed by atoms with Gasteiger partial charge in [-0.3, -0.25) is 0 Å². The first-order valence-corrected chi connectivity index (χ1v) is 4.82. The van der Waals surface area contributed by atoms with Gasteiger partial charge < -0.3 is 16.2 Å². The van der Waals surface area contributed by atoms with Crippen LogP contribution in [0.3, 0.4) is 0 Å². The van der Waals surface area contributed by atoms with Crippen molar-refractivity contribution in [2.75, 3.05) is 19.3 Å². The smallest absolute Gasteiger partial charge is 0.358 e. The van der Waals surface area contributed by atoms with E-state index >= 15 is 0 Å². The minimum atomic E-state index is -1.17. The molecule has 6 heteroatoms. The van der Waals surface area contributed by atoms with E-state index in [2.05, 4.69) is 15.3 Å². The van der Waals surface area contributed by atoms with Crippen LogP contribution in [0, 0.1) is 0 Å². The van der Waals surface area contributed by atoms with Crippen LogP contribution in [0.2, 0.25) is 0 Å².